The third-order valence-corrected chi connectivity index (χ3v) is 5.60. The van der Waals surface area contributed by atoms with E-state index >= 15 is 0 Å². The summed E-state index contributed by atoms with van der Waals surface area (Å²) in [6.45, 7) is 10.4. The second kappa shape index (κ2) is 16.2. The zero-order valence-electron chi connectivity index (χ0n) is 21.6. The number of anilines is 1. The minimum Gasteiger partial charge on any atom is -0.382 e. The van der Waals surface area contributed by atoms with Gasteiger partial charge in [-0.2, -0.15) is 4.98 Å². The van der Waals surface area contributed by atoms with Gasteiger partial charge in [-0.3, -0.25) is 9.36 Å². The highest BCUT2D eigenvalue weighted by Crippen LogP contribution is 2.17. The van der Waals surface area contributed by atoms with Gasteiger partial charge in [-0.05, 0) is 38.5 Å². The lowest BCUT2D eigenvalue weighted by molar-refractivity contribution is -0.122. The maximum atomic E-state index is 12.9. The molecule has 1 unspecified atom stereocenters. The standard InChI is InChI=1S/C26H44N6O2/c1-5-7-8-9-10-11-13-22-19-24(31-26(29-22)32-16-15-27-20-32)30-23(18-21(3)4)25(33)28-14-12-17-34-6-2/h15-16,19-21,23H,5-14,17-18H2,1-4H3,(H,28,33)(H,29,30,31). The number of nitrogens with one attached hydrogen (secondary N) is 2. The quantitative estimate of drug-likeness (QED) is 0.299. The van der Waals surface area contributed by atoms with Crippen molar-refractivity contribution in [3.05, 3.63) is 30.5 Å². The van der Waals surface area contributed by atoms with Crippen molar-refractivity contribution in [2.24, 2.45) is 5.92 Å². The van der Waals surface area contributed by atoms with Gasteiger partial charge in [0.1, 0.15) is 18.2 Å². The fourth-order valence-electron chi connectivity index (χ4n) is 3.80. The molecule has 2 N–H and O–H groups in total. The van der Waals surface area contributed by atoms with E-state index in [1.165, 1.54) is 32.1 Å². The molecule has 8 nitrogen and oxygen atoms in total. The minimum atomic E-state index is -0.362. The van der Waals surface area contributed by atoms with Crippen molar-refractivity contribution in [1.82, 2.24) is 24.8 Å². The minimum absolute atomic E-state index is 0.00883. The molecule has 2 aromatic heterocycles. The van der Waals surface area contributed by atoms with Crippen LogP contribution >= 0.6 is 0 Å². The lowest BCUT2D eigenvalue weighted by Crippen LogP contribution is -2.41. The van der Waals surface area contributed by atoms with Crippen LogP contribution in [0.4, 0.5) is 5.82 Å². The van der Waals surface area contributed by atoms with Crippen LogP contribution < -0.4 is 10.6 Å². The lowest BCUT2D eigenvalue weighted by Gasteiger charge is -2.21. The monoisotopic (exact) mass is 472 g/mol. The van der Waals surface area contributed by atoms with E-state index in [-0.39, 0.29) is 11.9 Å². The number of nitrogens with zero attached hydrogens (tertiary/aromatic N) is 4. The summed E-state index contributed by atoms with van der Waals surface area (Å²) in [5, 5.41) is 6.44. The van der Waals surface area contributed by atoms with Gasteiger partial charge in [0.25, 0.3) is 0 Å². The van der Waals surface area contributed by atoms with E-state index in [2.05, 4.69) is 36.4 Å². The number of imidazole rings is 1. The summed E-state index contributed by atoms with van der Waals surface area (Å²) >= 11 is 0. The van der Waals surface area contributed by atoms with E-state index in [9.17, 15) is 4.79 Å². The van der Waals surface area contributed by atoms with Crippen LogP contribution in [0.3, 0.4) is 0 Å². The number of hydrogen-bond donors (Lipinski definition) is 2. The number of carbonyl (C=O) groups excluding carboxylic acids is 1. The highest BCUT2D eigenvalue weighted by atomic mass is 16.5. The molecule has 190 valence electrons. The Labute approximate surface area is 205 Å². The first-order chi connectivity index (χ1) is 16.5. The number of ether oxygens (including phenoxy) is 1. The second-order valence-electron chi connectivity index (χ2n) is 9.20. The van der Waals surface area contributed by atoms with Gasteiger partial charge in [0.15, 0.2) is 0 Å². The highest BCUT2D eigenvalue weighted by Gasteiger charge is 2.21. The average Bonchev–Trinajstić information content (AvgIpc) is 3.35. The van der Waals surface area contributed by atoms with Gasteiger partial charge in [0.2, 0.25) is 11.9 Å². The van der Waals surface area contributed by atoms with Crippen molar-refractivity contribution in [2.45, 2.75) is 91.5 Å². The summed E-state index contributed by atoms with van der Waals surface area (Å²) in [4.78, 5) is 26.5. The summed E-state index contributed by atoms with van der Waals surface area (Å²) < 4.78 is 7.17. The zero-order valence-corrected chi connectivity index (χ0v) is 21.6. The molecule has 0 bridgehead atoms. The Kier molecular flexibility index (Phi) is 13.2. The van der Waals surface area contributed by atoms with Crippen LogP contribution in [0.25, 0.3) is 5.95 Å². The topological polar surface area (TPSA) is 94.0 Å². The van der Waals surface area contributed by atoms with E-state index in [4.69, 9.17) is 14.7 Å². The Morgan fingerprint density at radius 3 is 2.59 bits per heavy atom. The number of hydrogen-bond acceptors (Lipinski definition) is 6. The molecule has 8 heteroatoms. The van der Waals surface area contributed by atoms with Crippen LogP contribution in [0.5, 0.6) is 0 Å². The Balaban J connectivity index is 2.09. The second-order valence-corrected chi connectivity index (χ2v) is 9.20. The van der Waals surface area contributed by atoms with Gasteiger partial charge in [-0.15, -0.1) is 0 Å². The molecule has 0 aromatic carbocycles. The number of aromatic nitrogens is 4. The fraction of sp³-hybridized carbons (Fsp3) is 0.692. The number of amides is 1. The van der Waals surface area contributed by atoms with Crippen molar-refractivity contribution in [3.63, 3.8) is 0 Å². The predicted octanol–water partition coefficient (Wildman–Crippen LogP) is 4.93. The summed E-state index contributed by atoms with van der Waals surface area (Å²) in [5.74, 6) is 1.60. The molecule has 2 heterocycles. The molecule has 0 spiro atoms. The van der Waals surface area contributed by atoms with Crippen LogP contribution in [0, 0.1) is 5.92 Å². The number of aryl methyl sites for hydroxylation is 1. The molecule has 34 heavy (non-hydrogen) atoms. The van der Waals surface area contributed by atoms with Crippen LogP contribution in [0.1, 0.15) is 84.8 Å². The molecule has 0 aliphatic heterocycles. The number of carbonyl (C=O) groups is 1. The lowest BCUT2D eigenvalue weighted by atomic mass is 10.0. The van der Waals surface area contributed by atoms with E-state index in [1.807, 2.05) is 19.2 Å². The maximum Gasteiger partial charge on any atom is 0.242 e. The van der Waals surface area contributed by atoms with Gasteiger partial charge in [-0.25, -0.2) is 9.97 Å². The molecule has 0 aliphatic rings. The van der Waals surface area contributed by atoms with Crippen molar-refractivity contribution >= 4 is 11.7 Å². The van der Waals surface area contributed by atoms with Crippen molar-refractivity contribution in [3.8, 4) is 5.95 Å². The third kappa shape index (κ3) is 10.6. The number of unbranched alkanes of at least 4 members (excludes halogenated alkanes) is 5. The zero-order chi connectivity index (χ0) is 24.6. The Morgan fingerprint density at radius 2 is 1.88 bits per heavy atom. The van der Waals surface area contributed by atoms with Gasteiger partial charge >= 0.3 is 0 Å². The molecule has 0 saturated carbocycles. The summed E-state index contributed by atoms with van der Waals surface area (Å²) in [6, 6.07) is 1.63. The van der Waals surface area contributed by atoms with Crippen LogP contribution in [-0.4, -0.2) is 51.2 Å². The largest absolute Gasteiger partial charge is 0.382 e. The molecular weight excluding hydrogens is 428 g/mol. The SMILES string of the molecule is CCCCCCCCc1cc(NC(CC(C)C)C(=O)NCCCOCC)nc(-n2ccnc2)n1. The van der Waals surface area contributed by atoms with Gasteiger partial charge in [-0.1, -0.05) is 52.9 Å². The first-order valence-corrected chi connectivity index (χ1v) is 13.0. The van der Waals surface area contributed by atoms with Crippen molar-refractivity contribution in [1.29, 1.82) is 0 Å². The molecule has 0 aliphatic carbocycles. The summed E-state index contributed by atoms with van der Waals surface area (Å²) in [7, 11) is 0. The Bertz CT molecular complexity index is 810. The van der Waals surface area contributed by atoms with Gasteiger partial charge in [0, 0.05) is 43.9 Å². The third-order valence-electron chi connectivity index (χ3n) is 5.60. The summed E-state index contributed by atoms with van der Waals surface area (Å²) in [5.41, 5.74) is 0.983. The summed E-state index contributed by atoms with van der Waals surface area (Å²) in [6.07, 6.45) is 15.1. The molecule has 2 aromatic rings. The molecular formula is C26H44N6O2. The molecule has 2 rings (SSSR count). The number of rotatable bonds is 18. The van der Waals surface area contributed by atoms with Crippen LogP contribution in [0.2, 0.25) is 0 Å². The molecule has 1 atom stereocenters. The van der Waals surface area contributed by atoms with Crippen molar-refractivity contribution < 1.29 is 9.53 Å². The van der Waals surface area contributed by atoms with Crippen molar-refractivity contribution in [2.75, 3.05) is 25.1 Å². The molecule has 0 radical (unpaired) electrons. The average molecular weight is 473 g/mol. The Hall–Kier alpha value is -2.48. The van der Waals surface area contributed by atoms with E-state index in [0.717, 1.165) is 25.0 Å². The highest BCUT2D eigenvalue weighted by molar-refractivity contribution is 5.84. The predicted molar refractivity (Wildman–Crippen MR) is 137 cm³/mol. The first kappa shape index (κ1) is 27.8. The van der Waals surface area contributed by atoms with Gasteiger partial charge < -0.3 is 15.4 Å². The normalized spacial score (nSPS) is 12.1. The van der Waals surface area contributed by atoms with E-state index < -0.39 is 0 Å². The fourth-order valence-corrected chi connectivity index (χ4v) is 3.80. The first-order valence-electron chi connectivity index (χ1n) is 13.0. The molecule has 0 saturated heterocycles. The van der Waals surface area contributed by atoms with E-state index in [1.54, 1.807) is 17.1 Å². The molecule has 1 amide bonds. The van der Waals surface area contributed by atoms with Crippen LogP contribution in [-0.2, 0) is 16.0 Å². The maximum absolute atomic E-state index is 12.9. The van der Waals surface area contributed by atoms with Crippen LogP contribution in [0.15, 0.2) is 24.8 Å². The Morgan fingerprint density at radius 1 is 1.09 bits per heavy atom. The van der Waals surface area contributed by atoms with Gasteiger partial charge in [0.05, 0.1) is 0 Å². The smallest absolute Gasteiger partial charge is 0.242 e. The molecule has 0 fully saturated rings. The van der Waals surface area contributed by atoms with E-state index in [0.29, 0.717) is 43.9 Å².